The number of nitro groups is 1. The molecule has 0 saturated carbocycles. The van der Waals surface area contributed by atoms with Gasteiger partial charge in [0.15, 0.2) is 0 Å². The van der Waals surface area contributed by atoms with Crippen LogP contribution in [0, 0.1) is 10.1 Å². The van der Waals surface area contributed by atoms with Crippen molar-refractivity contribution in [2.75, 3.05) is 5.32 Å². The summed E-state index contributed by atoms with van der Waals surface area (Å²) in [6.07, 6.45) is 2.51. The molecule has 1 N–H and O–H groups in total. The Morgan fingerprint density at radius 3 is 2.36 bits per heavy atom. The number of non-ortho nitro benzene ring substituents is 1. The van der Waals surface area contributed by atoms with E-state index in [0.717, 1.165) is 24.3 Å². The summed E-state index contributed by atoms with van der Waals surface area (Å²) in [5.41, 5.74) is 0.493. The summed E-state index contributed by atoms with van der Waals surface area (Å²) in [6, 6.07) is 8.30. The van der Waals surface area contributed by atoms with E-state index in [-0.39, 0.29) is 16.4 Å². The molecule has 0 atom stereocenters. The number of hydrogen-bond donors (Lipinski definition) is 1. The minimum Gasteiger partial charge on any atom is -0.323 e. The van der Waals surface area contributed by atoms with Crippen LogP contribution in [0.15, 0.2) is 53.4 Å². The van der Waals surface area contributed by atoms with E-state index in [1.807, 2.05) is 0 Å². The van der Waals surface area contributed by atoms with E-state index in [4.69, 9.17) is 11.6 Å². The fraction of sp³-hybridized carbons (Fsp3) is 0. The number of carbonyl (C=O) groups is 1. The van der Waals surface area contributed by atoms with E-state index >= 15 is 0 Å². The summed E-state index contributed by atoms with van der Waals surface area (Å²) in [4.78, 5) is 21.3. The molecule has 0 aliphatic carbocycles. The third-order valence-corrected chi connectivity index (χ3v) is 4.18. The molecule has 0 heterocycles. The zero-order valence-electron chi connectivity index (χ0n) is 12.3. The lowest BCUT2D eigenvalue weighted by Gasteiger charge is -2.03. The number of halogens is 2. The lowest BCUT2D eigenvalue weighted by Crippen LogP contribution is -2.07. The van der Waals surface area contributed by atoms with Crippen LogP contribution in [0.2, 0.25) is 5.02 Å². The molecular formula is C15H10ClFN2O5S. The molecule has 2 aromatic carbocycles. The molecule has 10 heteroatoms. The normalized spacial score (nSPS) is 11.4. The summed E-state index contributed by atoms with van der Waals surface area (Å²) in [5.74, 6) is -0.551. The van der Waals surface area contributed by atoms with E-state index in [0.29, 0.717) is 5.56 Å². The summed E-state index contributed by atoms with van der Waals surface area (Å²) in [7, 11) is -4.80. The Labute approximate surface area is 147 Å². The highest BCUT2D eigenvalue weighted by Crippen LogP contribution is 2.23. The van der Waals surface area contributed by atoms with Crippen molar-refractivity contribution in [1.29, 1.82) is 0 Å². The average Bonchev–Trinajstić information content (AvgIpc) is 2.53. The van der Waals surface area contributed by atoms with Gasteiger partial charge >= 0.3 is 10.2 Å². The Morgan fingerprint density at radius 1 is 1.20 bits per heavy atom. The Balaban J connectivity index is 2.07. The number of hydrogen-bond acceptors (Lipinski definition) is 5. The highest BCUT2D eigenvalue weighted by Gasteiger charge is 2.11. The van der Waals surface area contributed by atoms with Gasteiger partial charge in [0.1, 0.15) is 0 Å². The molecule has 0 unspecified atom stereocenters. The van der Waals surface area contributed by atoms with Gasteiger partial charge in [0.25, 0.3) is 5.69 Å². The first-order valence-electron chi connectivity index (χ1n) is 6.64. The van der Waals surface area contributed by atoms with Crippen LogP contribution in [0.25, 0.3) is 6.08 Å². The summed E-state index contributed by atoms with van der Waals surface area (Å²) < 4.78 is 34.2. The van der Waals surface area contributed by atoms with E-state index in [1.54, 1.807) is 0 Å². The molecule has 25 heavy (non-hydrogen) atoms. The van der Waals surface area contributed by atoms with Crippen LogP contribution >= 0.6 is 11.6 Å². The van der Waals surface area contributed by atoms with E-state index in [9.17, 15) is 27.2 Å². The maximum atomic E-state index is 12.8. The van der Waals surface area contributed by atoms with Gasteiger partial charge in [0, 0.05) is 23.9 Å². The van der Waals surface area contributed by atoms with Crippen molar-refractivity contribution in [1.82, 2.24) is 0 Å². The summed E-state index contributed by atoms with van der Waals surface area (Å²) >= 11 is 5.90. The van der Waals surface area contributed by atoms with Crippen LogP contribution in [-0.4, -0.2) is 19.2 Å². The number of anilines is 1. The van der Waals surface area contributed by atoms with Crippen molar-refractivity contribution in [2.24, 2.45) is 0 Å². The van der Waals surface area contributed by atoms with E-state index in [2.05, 4.69) is 5.32 Å². The van der Waals surface area contributed by atoms with Crippen LogP contribution in [0.3, 0.4) is 0 Å². The van der Waals surface area contributed by atoms with Gasteiger partial charge in [-0.3, -0.25) is 14.9 Å². The highest BCUT2D eigenvalue weighted by molar-refractivity contribution is 7.86. The van der Waals surface area contributed by atoms with Crippen molar-refractivity contribution in [3.8, 4) is 0 Å². The molecule has 7 nitrogen and oxygen atoms in total. The maximum Gasteiger partial charge on any atom is 0.332 e. The Hall–Kier alpha value is -2.78. The van der Waals surface area contributed by atoms with Gasteiger partial charge in [-0.05, 0) is 42.0 Å². The number of amides is 1. The van der Waals surface area contributed by atoms with Gasteiger partial charge < -0.3 is 5.32 Å². The topological polar surface area (TPSA) is 106 Å². The summed E-state index contributed by atoms with van der Waals surface area (Å²) in [5, 5.41) is 13.2. The van der Waals surface area contributed by atoms with Crippen LogP contribution in [0.5, 0.6) is 0 Å². The molecule has 0 spiro atoms. The third-order valence-electron chi connectivity index (χ3n) is 3.01. The van der Waals surface area contributed by atoms with Crippen LogP contribution < -0.4 is 5.32 Å². The van der Waals surface area contributed by atoms with Crippen molar-refractivity contribution in [3.05, 3.63) is 69.2 Å². The Morgan fingerprint density at radius 2 is 1.84 bits per heavy atom. The fourth-order valence-corrected chi connectivity index (χ4v) is 2.51. The highest BCUT2D eigenvalue weighted by atomic mass is 35.5. The SMILES string of the molecule is O=C(/C=C\c1ccc([N+](=O)[O-])cc1Cl)Nc1ccc(S(=O)(=O)F)cc1. The predicted molar refractivity (Wildman–Crippen MR) is 90.5 cm³/mol. The first-order chi connectivity index (χ1) is 11.7. The predicted octanol–water partition coefficient (Wildman–Crippen LogP) is 3.56. The standard InChI is InChI=1S/C15H10ClFN2O5S/c16-14-9-12(19(21)22)5-1-10(14)2-8-15(20)18-11-3-6-13(7-4-11)25(17,23)24/h1-9H,(H,18,20)/b8-2-. The summed E-state index contributed by atoms with van der Waals surface area (Å²) in [6.45, 7) is 0. The quantitative estimate of drug-likeness (QED) is 0.367. The second-order valence-electron chi connectivity index (χ2n) is 4.75. The smallest absolute Gasteiger partial charge is 0.323 e. The van der Waals surface area contributed by atoms with E-state index < -0.39 is 25.9 Å². The van der Waals surface area contributed by atoms with Gasteiger partial charge in [-0.1, -0.05) is 11.6 Å². The third kappa shape index (κ3) is 5.10. The van der Waals surface area contributed by atoms with E-state index in [1.165, 1.54) is 30.3 Å². The molecule has 0 bridgehead atoms. The number of nitro benzene ring substituents is 1. The molecule has 2 rings (SSSR count). The number of benzene rings is 2. The fourth-order valence-electron chi connectivity index (χ4n) is 1.81. The van der Waals surface area contributed by atoms with Gasteiger partial charge in [0.05, 0.1) is 14.8 Å². The molecular weight excluding hydrogens is 375 g/mol. The minimum atomic E-state index is -4.80. The second kappa shape index (κ2) is 7.41. The van der Waals surface area contributed by atoms with Crippen molar-refractivity contribution < 1.29 is 22.0 Å². The average molecular weight is 385 g/mol. The largest absolute Gasteiger partial charge is 0.332 e. The zero-order valence-corrected chi connectivity index (χ0v) is 13.9. The number of nitrogens with zero attached hydrogens (tertiary/aromatic N) is 1. The zero-order chi connectivity index (χ0) is 18.6. The second-order valence-corrected chi connectivity index (χ2v) is 6.50. The maximum absolute atomic E-state index is 12.8. The molecule has 0 saturated heterocycles. The van der Waals surface area contributed by atoms with Crippen molar-refractivity contribution in [2.45, 2.75) is 4.90 Å². The van der Waals surface area contributed by atoms with Crippen LogP contribution in [-0.2, 0) is 15.0 Å². The molecule has 2 aromatic rings. The van der Waals surface area contributed by atoms with Crippen molar-refractivity contribution in [3.63, 3.8) is 0 Å². The molecule has 0 aromatic heterocycles. The molecule has 0 aliphatic rings. The van der Waals surface area contributed by atoms with Crippen LogP contribution in [0.1, 0.15) is 5.56 Å². The minimum absolute atomic E-state index is 0.107. The molecule has 0 fully saturated rings. The molecule has 130 valence electrons. The van der Waals surface area contributed by atoms with Crippen molar-refractivity contribution >= 4 is 45.2 Å². The molecule has 0 radical (unpaired) electrons. The Kier molecular flexibility index (Phi) is 5.50. The molecule has 1 amide bonds. The lowest BCUT2D eigenvalue weighted by molar-refractivity contribution is -0.384. The first-order valence-corrected chi connectivity index (χ1v) is 8.41. The van der Waals surface area contributed by atoms with Gasteiger partial charge in [-0.2, -0.15) is 8.42 Å². The Bertz CT molecular complexity index is 958. The number of rotatable bonds is 5. The molecule has 0 aliphatic heterocycles. The number of carbonyl (C=O) groups excluding carboxylic acids is 1. The number of nitrogens with one attached hydrogen (secondary N) is 1. The van der Waals surface area contributed by atoms with Crippen LogP contribution in [0.4, 0.5) is 15.3 Å². The van der Waals surface area contributed by atoms with Gasteiger partial charge in [-0.25, -0.2) is 0 Å². The lowest BCUT2D eigenvalue weighted by atomic mass is 10.2. The van der Waals surface area contributed by atoms with Gasteiger partial charge in [0.2, 0.25) is 5.91 Å². The van der Waals surface area contributed by atoms with Gasteiger partial charge in [-0.15, -0.1) is 3.89 Å². The first kappa shape index (κ1) is 18.6. The monoisotopic (exact) mass is 384 g/mol.